The maximum absolute atomic E-state index is 12.7. The SMILES string of the molecule is CCNCC(C)C(=O)N(C)CCOc1ccc(F)cc1. The number of carbonyl (C=O) groups is 1. The third-order valence-electron chi connectivity index (χ3n) is 3.01. The second-order valence-electron chi connectivity index (χ2n) is 4.77. The molecular weight excluding hydrogens is 259 g/mol. The molecule has 0 aromatic heterocycles. The Kier molecular flexibility index (Phi) is 7.01. The standard InChI is InChI=1S/C15H23FN2O2/c1-4-17-11-12(2)15(19)18(3)9-10-20-14-7-5-13(16)6-8-14/h5-8,12,17H,4,9-11H2,1-3H3. The van der Waals surface area contributed by atoms with Gasteiger partial charge in [0.1, 0.15) is 18.2 Å². The molecule has 0 bridgehead atoms. The molecule has 0 radical (unpaired) electrons. The average Bonchev–Trinajstić information content (AvgIpc) is 2.45. The van der Waals surface area contributed by atoms with Crippen LogP contribution in [0.3, 0.4) is 0 Å². The van der Waals surface area contributed by atoms with Gasteiger partial charge in [0.15, 0.2) is 0 Å². The highest BCUT2D eigenvalue weighted by Crippen LogP contribution is 2.11. The Balaban J connectivity index is 2.30. The minimum Gasteiger partial charge on any atom is -0.492 e. The van der Waals surface area contributed by atoms with E-state index in [1.807, 2.05) is 13.8 Å². The van der Waals surface area contributed by atoms with Gasteiger partial charge < -0.3 is 15.0 Å². The summed E-state index contributed by atoms with van der Waals surface area (Å²) in [6.07, 6.45) is 0. The summed E-state index contributed by atoms with van der Waals surface area (Å²) in [7, 11) is 1.76. The predicted octanol–water partition coefficient (Wildman–Crippen LogP) is 1.91. The number of ether oxygens (including phenoxy) is 1. The van der Waals surface area contributed by atoms with Gasteiger partial charge in [-0.05, 0) is 30.8 Å². The second-order valence-corrected chi connectivity index (χ2v) is 4.77. The van der Waals surface area contributed by atoms with E-state index in [2.05, 4.69) is 5.32 Å². The topological polar surface area (TPSA) is 41.6 Å². The predicted molar refractivity (Wildman–Crippen MR) is 77.2 cm³/mol. The molecule has 1 aromatic rings. The Morgan fingerprint density at radius 2 is 2.05 bits per heavy atom. The minimum atomic E-state index is -0.290. The molecule has 0 fully saturated rings. The van der Waals surface area contributed by atoms with Crippen molar-refractivity contribution in [2.24, 2.45) is 5.92 Å². The molecule has 20 heavy (non-hydrogen) atoms. The Morgan fingerprint density at radius 1 is 1.40 bits per heavy atom. The first-order chi connectivity index (χ1) is 9.54. The van der Waals surface area contributed by atoms with Crippen molar-refractivity contribution in [2.45, 2.75) is 13.8 Å². The lowest BCUT2D eigenvalue weighted by molar-refractivity contribution is -0.133. The molecule has 0 saturated carbocycles. The van der Waals surface area contributed by atoms with Crippen molar-refractivity contribution < 1.29 is 13.9 Å². The van der Waals surface area contributed by atoms with Crippen LogP contribution in [-0.2, 0) is 4.79 Å². The van der Waals surface area contributed by atoms with Crippen molar-refractivity contribution in [1.29, 1.82) is 0 Å². The zero-order valence-electron chi connectivity index (χ0n) is 12.4. The number of rotatable bonds is 8. The largest absolute Gasteiger partial charge is 0.492 e. The first-order valence-electron chi connectivity index (χ1n) is 6.88. The summed E-state index contributed by atoms with van der Waals surface area (Å²) in [5, 5.41) is 3.16. The van der Waals surface area contributed by atoms with E-state index < -0.39 is 0 Å². The second kappa shape index (κ2) is 8.53. The zero-order chi connectivity index (χ0) is 15.0. The fraction of sp³-hybridized carbons (Fsp3) is 0.533. The summed E-state index contributed by atoms with van der Waals surface area (Å²) < 4.78 is 18.2. The summed E-state index contributed by atoms with van der Waals surface area (Å²) in [4.78, 5) is 13.7. The number of carbonyl (C=O) groups excluding carboxylic acids is 1. The summed E-state index contributed by atoms with van der Waals surface area (Å²) in [6, 6.07) is 5.85. The van der Waals surface area contributed by atoms with Crippen LogP contribution in [0.5, 0.6) is 5.75 Å². The Morgan fingerprint density at radius 3 is 2.65 bits per heavy atom. The molecule has 1 N–H and O–H groups in total. The van der Waals surface area contributed by atoms with Gasteiger partial charge >= 0.3 is 0 Å². The van der Waals surface area contributed by atoms with E-state index in [-0.39, 0.29) is 17.6 Å². The van der Waals surface area contributed by atoms with E-state index in [9.17, 15) is 9.18 Å². The molecule has 1 unspecified atom stereocenters. The molecule has 0 heterocycles. The van der Waals surface area contributed by atoms with Crippen LogP contribution < -0.4 is 10.1 Å². The Bertz CT molecular complexity index is 409. The third kappa shape index (κ3) is 5.57. The van der Waals surface area contributed by atoms with Gasteiger partial charge in [-0.2, -0.15) is 0 Å². The van der Waals surface area contributed by atoms with Gasteiger partial charge in [0, 0.05) is 19.5 Å². The lowest BCUT2D eigenvalue weighted by atomic mass is 10.1. The van der Waals surface area contributed by atoms with Gasteiger partial charge in [0.2, 0.25) is 5.91 Å². The number of benzene rings is 1. The number of nitrogens with zero attached hydrogens (tertiary/aromatic N) is 1. The Labute approximate surface area is 119 Å². The fourth-order valence-corrected chi connectivity index (χ4v) is 1.77. The summed E-state index contributed by atoms with van der Waals surface area (Å²) in [5.41, 5.74) is 0. The van der Waals surface area contributed by atoms with Gasteiger partial charge in [-0.1, -0.05) is 13.8 Å². The van der Waals surface area contributed by atoms with Crippen LogP contribution in [0.25, 0.3) is 0 Å². The monoisotopic (exact) mass is 282 g/mol. The zero-order valence-corrected chi connectivity index (χ0v) is 12.4. The average molecular weight is 282 g/mol. The first-order valence-corrected chi connectivity index (χ1v) is 6.88. The van der Waals surface area contributed by atoms with E-state index in [1.165, 1.54) is 12.1 Å². The molecule has 5 heteroatoms. The van der Waals surface area contributed by atoms with E-state index in [1.54, 1.807) is 24.1 Å². The van der Waals surface area contributed by atoms with Gasteiger partial charge in [0.25, 0.3) is 0 Å². The number of amides is 1. The van der Waals surface area contributed by atoms with Crippen LogP contribution in [0.1, 0.15) is 13.8 Å². The van der Waals surface area contributed by atoms with Crippen molar-refractivity contribution >= 4 is 5.91 Å². The molecule has 4 nitrogen and oxygen atoms in total. The van der Waals surface area contributed by atoms with Gasteiger partial charge in [-0.15, -0.1) is 0 Å². The molecule has 0 saturated heterocycles. The number of hydrogen-bond acceptors (Lipinski definition) is 3. The summed E-state index contributed by atoms with van der Waals surface area (Å²) in [6.45, 7) is 6.35. The van der Waals surface area contributed by atoms with E-state index in [0.717, 1.165) is 6.54 Å². The Hall–Kier alpha value is -1.62. The molecule has 0 aliphatic heterocycles. The van der Waals surface area contributed by atoms with Crippen LogP contribution >= 0.6 is 0 Å². The number of likely N-dealkylation sites (N-methyl/N-ethyl adjacent to an activating group) is 1. The van der Waals surface area contributed by atoms with Crippen molar-refractivity contribution in [2.75, 3.05) is 33.3 Å². The molecule has 1 amide bonds. The molecule has 112 valence electrons. The minimum absolute atomic E-state index is 0.0502. The lowest BCUT2D eigenvalue weighted by Crippen LogP contribution is -2.38. The van der Waals surface area contributed by atoms with Crippen LogP contribution in [-0.4, -0.2) is 44.1 Å². The van der Waals surface area contributed by atoms with E-state index in [0.29, 0.717) is 25.4 Å². The molecular formula is C15H23FN2O2. The molecule has 0 spiro atoms. The van der Waals surface area contributed by atoms with Crippen LogP contribution in [0.2, 0.25) is 0 Å². The number of hydrogen-bond donors (Lipinski definition) is 1. The van der Waals surface area contributed by atoms with Crippen molar-refractivity contribution in [1.82, 2.24) is 10.2 Å². The van der Waals surface area contributed by atoms with Gasteiger partial charge in [0.05, 0.1) is 6.54 Å². The highest BCUT2D eigenvalue weighted by atomic mass is 19.1. The van der Waals surface area contributed by atoms with Gasteiger partial charge in [-0.25, -0.2) is 4.39 Å². The van der Waals surface area contributed by atoms with Crippen LogP contribution in [0, 0.1) is 11.7 Å². The van der Waals surface area contributed by atoms with Crippen LogP contribution in [0.15, 0.2) is 24.3 Å². The van der Waals surface area contributed by atoms with Crippen molar-refractivity contribution in [3.63, 3.8) is 0 Å². The summed E-state index contributed by atoms with van der Waals surface area (Å²) >= 11 is 0. The lowest BCUT2D eigenvalue weighted by Gasteiger charge is -2.21. The smallest absolute Gasteiger partial charge is 0.226 e. The first kappa shape index (κ1) is 16.4. The third-order valence-corrected chi connectivity index (χ3v) is 3.01. The molecule has 1 atom stereocenters. The van der Waals surface area contributed by atoms with Crippen LogP contribution in [0.4, 0.5) is 4.39 Å². The molecule has 1 rings (SSSR count). The highest BCUT2D eigenvalue weighted by Gasteiger charge is 2.16. The summed E-state index contributed by atoms with van der Waals surface area (Å²) in [5.74, 6) is 0.356. The van der Waals surface area contributed by atoms with E-state index >= 15 is 0 Å². The number of nitrogens with one attached hydrogen (secondary N) is 1. The van der Waals surface area contributed by atoms with Gasteiger partial charge in [-0.3, -0.25) is 4.79 Å². The quantitative estimate of drug-likeness (QED) is 0.792. The highest BCUT2D eigenvalue weighted by molar-refractivity contribution is 5.78. The number of halogens is 1. The normalized spacial score (nSPS) is 12.0. The molecule has 0 aliphatic rings. The van der Waals surface area contributed by atoms with Crippen molar-refractivity contribution in [3.05, 3.63) is 30.1 Å². The van der Waals surface area contributed by atoms with Crippen molar-refractivity contribution in [3.8, 4) is 5.75 Å². The maximum atomic E-state index is 12.7. The molecule has 0 aliphatic carbocycles. The molecule has 1 aromatic carbocycles. The maximum Gasteiger partial charge on any atom is 0.226 e. The fourth-order valence-electron chi connectivity index (χ4n) is 1.77. The van der Waals surface area contributed by atoms with E-state index in [4.69, 9.17) is 4.74 Å².